The lowest BCUT2D eigenvalue weighted by Gasteiger charge is -2.32. The summed E-state index contributed by atoms with van der Waals surface area (Å²) < 4.78 is 2.25. The van der Waals surface area contributed by atoms with Crippen LogP contribution >= 0.6 is 0 Å². The van der Waals surface area contributed by atoms with E-state index in [0.717, 1.165) is 35.0 Å². The third-order valence-corrected chi connectivity index (χ3v) is 5.25. The first kappa shape index (κ1) is 17.2. The fourth-order valence-electron chi connectivity index (χ4n) is 3.95. The van der Waals surface area contributed by atoms with Crippen LogP contribution in [0.5, 0.6) is 0 Å². The fraction of sp³-hybridized carbons (Fsp3) is 0.600. The van der Waals surface area contributed by atoms with Crippen LogP contribution in [0.1, 0.15) is 43.8 Å². The van der Waals surface area contributed by atoms with E-state index < -0.39 is 0 Å². The Morgan fingerprint density at radius 3 is 2.67 bits per heavy atom. The third kappa shape index (κ3) is 3.39. The van der Waals surface area contributed by atoms with Gasteiger partial charge < -0.3 is 9.47 Å². The fourth-order valence-corrected chi connectivity index (χ4v) is 3.95. The van der Waals surface area contributed by atoms with E-state index in [1.165, 1.54) is 43.8 Å². The molecule has 4 nitrogen and oxygen atoms in total. The van der Waals surface area contributed by atoms with Crippen molar-refractivity contribution >= 4 is 17.1 Å². The first-order valence-electron chi connectivity index (χ1n) is 9.15. The predicted octanol–water partition coefficient (Wildman–Crippen LogP) is 3.83. The van der Waals surface area contributed by atoms with Crippen LogP contribution in [0.4, 0.5) is 0 Å². The average molecular weight is 326 g/mol. The summed E-state index contributed by atoms with van der Waals surface area (Å²) in [4.78, 5) is 11.9. The highest BCUT2D eigenvalue weighted by atomic mass is 15.1. The molecule has 0 amide bonds. The number of pyridine rings is 1. The van der Waals surface area contributed by atoms with Crippen molar-refractivity contribution in [3.8, 4) is 0 Å². The molecule has 3 rings (SSSR count). The summed E-state index contributed by atoms with van der Waals surface area (Å²) in [6.45, 7) is 14.3. The van der Waals surface area contributed by atoms with Gasteiger partial charge in [0.25, 0.3) is 0 Å². The highest BCUT2D eigenvalue weighted by molar-refractivity contribution is 5.85. The molecule has 2 aromatic heterocycles. The Kier molecular flexibility index (Phi) is 5.04. The number of aromatic nitrogens is 3. The van der Waals surface area contributed by atoms with Crippen molar-refractivity contribution in [2.75, 3.05) is 19.6 Å². The maximum atomic E-state index is 4.86. The van der Waals surface area contributed by atoms with Crippen molar-refractivity contribution in [3.63, 3.8) is 0 Å². The van der Waals surface area contributed by atoms with Crippen molar-refractivity contribution < 1.29 is 0 Å². The Morgan fingerprint density at radius 1 is 1.33 bits per heavy atom. The van der Waals surface area contributed by atoms with Gasteiger partial charge >= 0.3 is 0 Å². The van der Waals surface area contributed by atoms with Crippen molar-refractivity contribution in [1.29, 1.82) is 0 Å². The predicted molar refractivity (Wildman–Crippen MR) is 101 cm³/mol. The number of hydrogen-bond acceptors (Lipinski definition) is 3. The monoisotopic (exact) mass is 326 g/mol. The van der Waals surface area contributed by atoms with Crippen molar-refractivity contribution in [2.45, 2.75) is 40.0 Å². The zero-order chi connectivity index (χ0) is 17.3. The molecular formula is C20H30N4. The molecule has 1 fully saturated rings. The van der Waals surface area contributed by atoms with Gasteiger partial charge in [0.2, 0.25) is 0 Å². The molecule has 0 aliphatic carbocycles. The molecule has 3 heterocycles. The maximum Gasteiger partial charge on any atom is 0.109 e. The van der Waals surface area contributed by atoms with Crippen LogP contribution < -0.4 is 0 Å². The second-order valence-corrected chi connectivity index (χ2v) is 7.62. The van der Waals surface area contributed by atoms with Gasteiger partial charge in [-0.05, 0) is 44.7 Å². The molecule has 130 valence electrons. The molecule has 0 unspecified atom stereocenters. The summed E-state index contributed by atoms with van der Waals surface area (Å²) in [6.07, 6.45) is 7.42. The highest BCUT2D eigenvalue weighted by Gasteiger charge is 2.22. The van der Waals surface area contributed by atoms with Crippen LogP contribution in [0, 0.1) is 18.8 Å². The topological polar surface area (TPSA) is 34.0 Å². The Hall–Kier alpha value is -1.68. The van der Waals surface area contributed by atoms with E-state index in [1.54, 1.807) is 0 Å². The molecule has 0 saturated carbocycles. The van der Waals surface area contributed by atoms with Gasteiger partial charge in [0.1, 0.15) is 11.3 Å². The molecule has 0 atom stereocenters. The summed E-state index contributed by atoms with van der Waals surface area (Å²) in [5, 5.41) is 0. The molecule has 0 spiro atoms. The summed E-state index contributed by atoms with van der Waals surface area (Å²) in [7, 11) is 2.13. The molecule has 24 heavy (non-hydrogen) atoms. The first-order chi connectivity index (χ1) is 11.5. The van der Waals surface area contributed by atoms with Crippen molar-refractivity contribution in [2.24, 2.45) is 18.9 Å². The average Bonchev–Trinajstić information content (AvgIpc) is 2.85. The highest BCUT2D eigenvalue weighted by Crippen LogP contribution is 2.26. The van der Waals surface area contributed by atoms with Crippen LogP contribution in [-0.4, -0.2) is 39.1 Å². The number of rotatable bonds is 5. The maximum absolute atomic E-state index is 4.86. The molecule has 0 N–H and O–H groups in total. The Morgan fingerprint density at radius 2 is 2.04 bits per heavy atom. The summed E-state index contributed by atoms with van der Waals surface area (Å²) in [6, 6.07) is 0. The van der Waals surface area contributed by atoms with E-state index in [2.05, 4.69) is 41.9 Å². The van der Waals surface area contributed by atoms with Gasteiger partial charge in [0, 0.05) is 31.3 Å². The van der Waals surface area contributed by atoms with Gasteiger partial charge in [-0.15, -0.1) is 0 Å². The van der Waals surface area contributed by atoms with Gasteiger partial charge in [-0.3, -0.25) is 4.98 Å². The minimum atomic E-state index is 0.741. The largest absolute Gasteiger partial charge is 0.331 e. The second kappa shape index (κ2) is 7.06. The van der Waals surface area contributed by atoms with E-state index in [9.17, 15) is 0 Å². The van der Waals surface area contributed by atoms with Gasteiger partial charge in [-0.25, -0.2) is 4.98 Å². The first-order valence-corrected chi connectivity index (χ1v) is 9.15. The number of imidazole rings is 1. The number of nitrogens with zero attached hydrogens (tertiary/aromatic N) is 4. The van der Waals surface area contributed by atoms with Crippen LogP contribution in [0.25, 0.3) is 17.1 Å². The molecule has 0 aromatic carbocycles. The second-order valence-electron chi connectivity index (χ2n) is 7.62. The number of likely N-dealkylation sites (tertiary alicyclic amines) is 1. The number of hydrogen-bond donors (Lipinski definition) is 0. The van der Waals surface area contributed by atoms with Gasteiger partial charge in [0.15, 0.2) is 0 Å². The standard InChI is InChI=1S/C20H30N4/c1-6-17-15(4)21-12-18-20(17)23(5)19(22-18)11-16-7-9-24(10-8-16)13-14(2)3/h6,12,14,16H,1,7-11,13H2,2-5H3. The lowest BCUT2D eigenvalue weighted by atomic mass is 9.93. The molecule has 0 bridgehead atoms. The molecule has 1 aliphatic heterocycles. The molecular weight excluding hydrogens is 296 g/mol. The van der Waals surface area contributed by atoms with Crippen LogP contribution in [-0.2, 0) is 13.5 Å². The van der Waals surface area contributed by atoms with E-state index >= 15 is 0 Å². The zero-order valence-electron chi connectivity index (χ0n) is 15.5. The Balaban J connectivity index is 1.75. The van der Waals surface area contributed by atoms with Crippen LogP contribution in [0.15, 0.2) is 12.8 Å². The molecule has 4 heteroatoms. The smallest absolute Gasteiger partial charge is 0.109 e. The van der Waals surface area contributed by atoms with E-state index in [0.29, 0.717) is 0 Å². The van der Waals surface area contributed by atoms with Crippen LogP contribution in [0.2, 0.25) is 0 Å². The van der Waals surface area contributed by atoms with Gasteiger partial charge in [-0.2, -0.15) is 0 Å². The van der Waals surface area contributed by atoms with Crippen molar-refractivity contribution in [3.05, 3.63) is 29.9 Å². The minimum Gasteiger partial charge on any atom is -0.331 e. The van der Waals surface area contributed by atoms with E-state index in [-0.39, 0.29) is 0 Å². The van der Waals surface area contributed by atoms with Gasteiger partial charge in [0.05, 0.1) is 11.7 Å². The SMILES string of the molecule is C=Cc1c(C)ncc2nc(CC3CCN(CC(C)C)CC3)n(C)c12. The number of piperidine rings is 1. The van der Waals surface area contributed by atoms with Gasteiger partial charge in [-0.1, -0.05) is 26.5 Å². The minimum absolute atomic E-state index is 0.741. The third-order valence-electron chi connectivity index (χ3n) is 5.25. The zero-order valence-corrected chi connectivity index (χ0v) is 15.5. The quantitative estimate of drug-likeness (QED) is 0.837. The van der Waals surface area contributed by atoms with E-state index in [1.807, 2.05) is 19.2 Å². The molecule has 2 aromatic rings. The lowest BCUT2D eigenvalue weighted by molar-refractivity contribution is 0.166. The molecule has 1 saturated heterocycles. The number of aryl methyl sites for hydroxylation is 2. The lowest BCUT2D eigenvalue weighted by Crippen LogP contribution is -2.36. The Bertz CT molecular complexity index is 721. The van der Waals surface area contributed by atoms with Crippen LogP contribution in [0.3, 0.4) is 0 Å². The molecule has 1 aliphatic rings. The summed E-state index contributed by atoms with van der Waals surface area (Å²) >= 11 is 0. The van der Waals surface area contributed by atoms with E-state index in [4.69, 9.17) is 4.98 Å². The molecule has 0 radical (unpaired) electrons. The van der Waals surface area contributed by atoms with Crippen molar-refractivity contribution in [1.82, 2.24) is 19.4 Å². The summed E-state index contributed by atoms with van der Waals surface area (Å²) in [5.74, 6) is 2.68. The normalized spacial score (nSPS) is 17.0. The number of fused-ring (bicyclic) bond motifs is 1. The Labute approximate surface area is 145 Å². The summed E-state index contributed by atoms with van der Waals surface area (Å²) in [5.41, 5.74) is 4.30.